The summed E-state index contributed by atoms with van der Waals surface area (Å²) in [7, 11) is 1.89. The van der Waals surface area contributed by atoms with Gasteiger partial charge in [-0.05, 0) is 57.4 Å². The van der Waals surface area contributed by atoms with Crippen LogP contribution in [0, 0.1) is 0 Å². The summed E-state index contributed by atoms with van der Waals surface area (Å²) < 4.78 is 7.60. The third-order valence-corrected chi connectivity index (χ3v) is 6.17. The lowest BCUT2D eigenvalue weighted by Gasteiger charge is -2.39. The molecule has 1 aromatic heterocycles. The van der Waals surface area contributed by atoms with E-state index in [0.717, 1.165) is 23.7 Å². The predicted molar refractivity (Wildman–Crippen MR) is 107 cm³/mol. The van der Waals surface area contributed by atoms with Gasteiger partial charge in [-0.15, -0.1) is 10.2 Å². The number of hydrogen-bond donors (Lipinski definition) is 0. The summed E-state index contributed by atoms with van der Waals surface area (Å²) in [5, 5.41) is 9.77. The number of piperidine rings is 1. The zero-order valence-corrected chi connectivity index (χ0v) is 17.5. The first kappa shape index (κ1) is 20.0. The number of thioether (sulfide) groups is 1. The SMILES string of the molecule is C[C@@H]1CCC[C@H](C)N1C(=O)CSc1nnc(COc2ccc(Cl)cc2)n1C. The van der Waals surface area contributed by atoms with Gasteiger partial charge in [0, 0.05) is 24.2 Å². The van der Waals surface area contributed by atoms with Crippen molar-refractivity contribution in [2.24, 2.45) is 7.05 Å². The monoisotopic (exact) mass is 408 g/mol. The average Bonchev–Trinajstić information content (AvgIpc) is 2.99. The van der Waals surface area contributed by atoms with E-state index in [1.807, 2.05) is 28.6 Å². The smallest absolute Gasteiger partial charge is 0.233 e. The molecular weight excluding hydrogens is 384 g/mol. The molecule has 146 valence electrons. The van der Waals surface area contributed by atoms with Crippen molar-refractivity contribution in [1.29, 1.82) is 0 Å². The summed E-state index contributed by atoms with van der Waals surface area (Å²) in [5.41, 5.74) is 0. The van der Waals surface area contributed by atoms with Crippen molar-refractivity contribution >= 4 is 29.3 Å². The normalized spacial score (nSPS) is 19.9. The second kappa shape index (κ2) is 8.97. The van der Waals surface area contributed by atoms with Gasteiger partial charge in [0.2, 0.25) is 5.91 Å². The Labute approximate surface area is 169 Å². The van der Waals surface area contributed by atoms with E-state index in [-0.39, 0.29) is 5.91 Å². The van der Waals surface area contributed by atoms with E-state index >= 15 is 0 Å². The maximum absolute atomic E-state index is 12.7. The van der Waals surface area contributed by atoms with E-state index in [0.29, 0.717) is 35.3 Å². The minimum absolute atomic E-state index is 0.168. The van der Waals surface area contributed by atoms with Crippen LogP contribution in [-0.4, -0.2) is 43.4 Å². The highest BCUT2D eigenvalue weighted by Crippen LogP contribution is 2.25. The lowest BCUT2D eigenvalue weighted by atomic mass is 9.98. The molecule has 0 N–H and O–H groups in total. The van der Waals surface area contributed by atoms with Crippen molar-refractivity contribution in [3.63, 3.8) is 0 Å². The van der Waals surface area contributed by atoms with E-state index in [1.54, 1.807) is 12.1 Å². The van der Waals surface area contributed by atoms with Gasteiger partial charge in [0.05, 0.1) is 5.75 Å². The molecule has 2 atom stereocenters. The van der Waals surface area contributed by atoms with Crippen LogP contribution in [0.2, 0.25) is 5.02 Å². The van der Waals surface area contributed by atoms with Crippen LogP contribution in [0.25, 0.3) is 0 Å². The fourth-order valence-corrected chi connectivity index (χ4v) is 4.31. The summed E-state index contributed by atoms with van der Waals surface area (Å²) in [4.78, 5) is 14.7. The number of rotatable bonds is 6. The van der Waals surface area contributed by atoms with Crippen molar-refractivity contribution in [1.82, 2.24) is 19.7 Å². The molecule has 1 aromatic carbocycles. The number of carbonyl (C=O) groups is 1. The van der Waals surface area contributed by atoms with Crippen molar-refractivity contribution in [2.75, 3.05) is 5.75 Å². The summed E-state index contributed by atoms with van der Waals surface area (Å²) in [6, 6.07) is 7.81. The Kier molecular flexibility index (Phi) is 6.65. The number of hydrogen-bond acceptors (Lipinski definition) is 5. The summed E-state index contributed by atoms with van der Waals surface area (Å²) in [6.45, 7) is 4.57. The fourth-order valence-electron chi connectivity index (χ4n) is 3.39. The maximum atomic E-state index is 12.7. The first-order valence-electron chi connectivity index (χ1n) is 9.16. The summed E-state index contributed by atoms with van der Waals surface area (Å²) in [6.07, 6.45) is 3.35. The maximum Gasteiger partial charge on any atom is 0.233 e. The molecule has 0 radical (unpaired) electrons. The molecule has 1 aliphatic heterocycles. The number of aromatic nitrogens is 3. The second-order valence-electron chi connectivity index (χ2n) is 6.92. The van der Waals surface area contributed by atoms with Gasteiger partial charge in [-0.3, -0.25) is 4.79 Å². The molecule has 1 aliphatic rings. The Morgan fingerprint density at radius 2 is 1.89 bits per heavy atom. The summed E-state index contributed by atoms with van der Waals surface area (Å²) in [5.74, 6) is 1.97. The molecule has 0 aliphatic carbocycles. The number of nitrogens with zero attached hydrogens (tertiary/aromatic N) is 4. The Hall–Kier alpha value is -1.73. The van der Waals surface area contributed by atoms with Gasteiger partial charge in [0.15, 0.2) is 11.0 Å². The lowest BCUT2D eigenvalue weighted by Crippen LogP contribution is -2.48. The average molecular weight is 409 g/mol. The van der Waals surface area contributed by atoms with E-state index < -0.39 is 0 Å². The van der Waals surface area contributed by atoms with Crippen LogP contribution in [0.15, 0.2) is 29.4 Å². The highest BCUT2D eigenvalue weighted by Gasteiger charge is 2.29. The molecule has 0 saturated carbocycles. The highest BCUT2D eigenvalue weighted by molar-refractivity contribution is 7.99. The van der Waals surface area contributed by atoms with Crippen LogP contribution in [0.5, 0.6) is 5.75 Å². The number of halogens is 1. The third kappa shape index (κ3) is 4.96. The van der Waals surface area contributed by atoms with E-state index in [9.17, 15) is 4.79 Å². The highest BCUT2D eigenvalue weighted by atomic mass is 35.5. The number of benzene rings is 1. The Morgan fingerprint density at radius 1 is 1.22 bits per heavy atom. The van der Waals surface area contributed by atoms with E-state index in [4.69, 9.17) is 16.3 Å². The predicted octanol–water partition coefficient (Wildman–Crippen LogP) is 3.93. The largest absolute Gasteiger partial charge is 0.486 e. The fraction of sp³-hybridized carbons (Fsp3) is 0.526. The van der Waals surface area contributed by atoms with Crippen molar-refractivity contribution in [3.8, 4) is 5.75 Å². The second-order valence-corrected chi connectivity index (χ2v) is 8.30. The zero-order chi connectivity index (χ0) is 19.4. The van der Waals surface area contributed by atoms with Crippen molar-refractivity contribution in [2.45, 2.75) is 57.0 Å². The van der Waals surface area contributed by atoms with Crippen LogP contribution < -0.4 is 4.74 Å². The van der Waals surface area contributed by atoms with Gasteiger partial charge in [-0.25, -0.2) is 0 Å². The molecule has 0 bridgehead atoms. The molecule has 2 aromatic rings. The first-order valence-corrected chi connectivity index (χ1v) is 10.5. The molecule has 1 saturated heterocycles. The number of ether oxygens (including phenoxy) is 1. The van der Waals surface area contributed by atoms with Gasteiger partial charge >= 0.3 is 0 Å². The molecule has 3 rings (SSSR count). The van der Waals surface area contributed by atoms with Crippen molar-refractivity contribution in [3.05, 3.63) is 35.1 Å². The van der Waals surface area contributed by atoms with Gasteiger partial charge < -0.3 is 14.2 Å². The molecule has 0 spiro atoms. The van der Waals surface area contributed by atoms with Gasteiger partial charge in [0.1, 0.15) is 12.4 Å². The van der Waals surface area contributed by atoms with Crippen molar-refractivity contribution < 1.29 is 9.53 Å². The molecular formula is C19H25ClN4O2S. The minimum Gasteiger partial charge on any atom is -0.486 e. The number of carbonyl (C=O) groups excluding carboxylic acids is 1. The third-order valence-electron chi connectivity index (χ3n) is 4.91. The summed E-state index contributed by atoms with van der Waals surface area (Å²) >= 11 is 7.30. The molecule has 8 heteroatoms. The zero-order valence-electron chi connectivity index (χ0n) is 15.9. The van der Waals surface area contributed by atoms with E-state index in [2.05, 4.69) is 24.0 Å². The molecule has 1 amide bonds. The Morgan fingerprint density at radius 3 is 2.56 bits per heavy atom. The van der Waals surface area contributed by atoms with Crippen LogP contribution in [0.1, 0.15) is 38.9 Å². The topological polar surface area (TPSA) is 60.3 Å². The Balaban J connectivity index is 1.55. The number of amides is 1. The Bertz CT molecular complexity index is 771. The van der Waals surface area contributed by atoms with Crippen LogP contribution in [0.4, 0.5) is 0 Å². The van der Waals surface area contributed by atoms with Crippen LogP contribution in [0.3, 0.4) is 0 Å². The minimum atomic E-state index is 0.168. The number of likely N-dealkylation sites (tertiary alicyclic amines) is 1. The quantitative estimate of drug-likeness (QED) is 0.678. The molecule has 1 fully saturated rings. The molecule has 0 unspecified atom stereocenters. The van der Waals surface area contributed by atoms with Gasteiger partial charge in [0.25, 0.3) is 0 Å². The molecule has 2 heterocycles. The lowest BCUT2D eigenvalue weighted by molar-refractivity contribution is -0.134. The first-order chi connectivity index (χ1) is 13.0. The van der Waals surface area contributed by atoms with Crippen LogP contribution >= 0.6 is 23.4 Å². The standard InChI is InChI=1S/C19H25ClN4O2S/c1-13-5-4-6-14(2)24(13)18(25)12-27-19-22-21-17(23(19)3)11-26-16-9-7-15(20)8-10-16/h7-10,13-14H,4-6,11-12H2,1-3H3/t13-,14+. The molecule has 27 heavy (non-hydrogen) atoms. The van der Waals surface area contributed by atoms with Gasteiger partial charge in [-0.2, -0.15) is 0 Å². The molecule has 6 nitrogen and oxygen atoms in total. The van der Waals surface area contributed by atoms with Gasteiger partial charge in [-0.1, -0.05) is 23.4 Å². The van der Waals surface area contributed by atoms with E-state index in [1.165, 1.54) is 18.2 Å². The van der Waals surface area contributed by atoms with Crippen LogP contribution in [-0.2, 0) is 18.4 Å².